The SMILES string of the molecule is CC1=Cc2c(F)ccc(Br)c2C1.CC1C(C)C(C)C(C)C1C.CC1CC2C(F)CCC(Br)C2C1.[CH3-].[CH3-].[Cl][Zr+2][Cl]. The molecule has 1 aromatic carbocycles. The normalized spacial score (nSPS) is 35.5. The molecule has 0 aliphatic heterocycles. The van der Waals surface area contributed by atoms with Crippen molar-refractivity contribution in [2.24, 2.45) is 47.3 Å². The number of fused-ring (bicyclic) bond motifs is 2. The monoisotopic (exact) mass is 790 g/mol. The van der Waals surface area contributed by atoms with E-state index in [2.05, 4.69) is 73.4 Å². The molecular weight excluding hydrogens is 744 g/mol. The molecule has 0 aromatic heterocycles. The summed E-state index contributed by atoms with van der Waals surface area (Å²) >= 11 is 6.27. The van der Waals surface area contributed by atoms with Gasteiger partial charge in [0.25, 0.3) is 0 Å². The Morgan fingerprint density at radius 3 is 1.74 bits per heavy atom. The molecule has 5 unspecified atom stereocenters. The Balaban J connectivity index is 0.000000518. The third kappa shape index (κ3) is 10.7. The second-order valence-electron chi connectivity index (χ2n) is 12.0. The summed E-state index contributed by atoms with van der Waals surface area (Å²) in [5, 5.41) is 0. The van der Waals surface area contributed by atoms with Crippen LogP contribution >= 0.6 is 48.9 Å². The average Bonchev–Trinajstić information content (AvgIpc) is 3.50. The predicted molar refractivity (Wildman–Crippen MR) is 174 cm³/mol. The molecule has 0 nitrogen and oxygen atoms in total. The summed E-state index contributed by atoms with van der Waals surface area (Å²) in [6, 6.07) is 3.26. The number of hydrogen-bond acceptors (Lipinski definition) is 0. The van der Waals surface area contributed by atoms with E-state index in [4.69, 9.17) is 17.0 Å². The minimum atomic E-state index is -0.826. The van der Waals surface area contributed by atoms with Crippen LogP contribution in [0.15, 0.2) is 22.2 Å². The quantitative estimate of drug-likeness (QED) is 0.181. The van der Waals surface area contributed by atoms with Gasteiger partial charge in [-0.25, -0.2) is 8.78 Å². The second kappa shape index (κ2) is 18.8. The van der Waals surface area contributed by atoms with Gasteiger partial charge in [0.2, 0.25) is 0 Å². The van der Waals surface area contributed by atoms with E-state index < -0.39 is 27.0 Å². The first-order valence-electron chi connectivity index (χ1n) is 13.7. The van der Waals surface area contributed by atoms with Gasteiger partial charge in [-0.05, 0) is 104 Å². The van der Waals surface area contributed by atoms with Gasteiger partial charge in [0.1, 0.15) is 12.0 Å². The van der Waals surface area contributed by atoms with Gasteiger partial charge in [-0.3, -0.25) is 0 Å². The van der Waals surface area contributed by atoms with E-state index in [-0.39, 0.29) is 20.7 Å². The fraction of sp³-hybridized carbons (Fsp3) is 0.688. The summed E-state index contributed by atoms with van der Waals surface area (Å²) < 4.78 is 27.6. The van der Waals surface area contributed by atoms with Crippen molar-refractivity contribution >= 4 is 55.0 Å². The summed E-state index contributed by atoms with van der Waals surface area (Å²) in [5.41, 5.74) is 3.05. The van der Waals surface area contributed by atoms with Crippen molar-refractivity contribution in [1.82, 2.24) is 0 Å². The van der Waals surface area contributed by atoms with E-state index in [1.54, 1.807) is 6.07 Å². The third-order valence-corrected chi connectivity index (χ3v) is 11.7. The zero-order valence-electron chi connectivity index (χ0n) is 25.3. The molecule has 0 spiro atoms. The van der Waals surface area contributed by atoms with E-state index in [1.807, 2.05) is 13.0 Å². The Morgan fingerprint density at radius 1 is 0.846 bits per heavy atom. The van der Waals surface area contributed by atoms with Gasteiger partial charge in [0.05, 0.1) is 0 Å². The van der Waals surface area contributed by atoms with Crippen molar-refractivity contribution in [2.45, 2.75) is 91.6 Å². The Labute approximate surface area is 275 Å². The molecule has 5 rings (SSSR count). The van der Waals surface area contributed by atoms with Crippen LogP contribution in [0.3, 0.4) is 0 Å². The molecule has 39 heavy (non-hydrogen) atoms. The number of hydrogen-bond donors (Lipinski definition) is 0. The van der Waals surface area contributed by atoms with Crippen LogP contribution < -0.4 is 0 Å². The van der Waals surface area contributed by atoms with Gasteiger partial charge in [0.15, 0.2) is 0 Å². The molecule has 7 heteroatoms. The summed E-state index contributed by atoms with van der Waals surface area (Å²) in [6.07, 6.45) is 6.45. The zero-order chi connectivity index (χ0) is 28.0. The summed E-state index contributed by atoms with van der Waals surface area (Å²) in [5.74, 6) is 6.30. The molecule has 0 saturated heterocycles. The standard InChI is InChI=1S/C10H16BrF.C10H8BrF.C10H20.2CH3.2ClH.Zr/c2*1-6-4-7-8(5-6)10(12)3-2-9(7)11;1-6-7(2)9(4)10(5)8(6)3;;;;;/h6-10H,2-5H2,1H3;2-3,5H,4H2,1H3;6-10H,1-5H3;2*1H3;2*1H;/q;;;2*-1;;;+4/p-2. The van der Waals surface area contributed by atoms with Gasteiger partial charge in [0, 0.05) is 14.9 Å². The van der Waals surface area contributed by atoms with Crippen LogP contribution in [0, 0.1) is 68.0 Å². The van der Waals surface area contributed by atoms with E-state index in [0.717, 1.165) is 76.8 Å². The van der Waals surface area contributed by atoms with Crippen LogP contribution in [0.4, 0.5) is 8.78 Å². The van der Waals surface area contributed by atoms with Crippen LogP contribution in [0.2, 0.25) is 0 Å². The Kier molecular flexibility index (Phi) is 19.4. The molecule has 4 aliphatic rings. The summed E-state index contributed by atoms with van der Waals surface area (Å²) in [6.45, 7) is 16.3. The molecule has 3 saturated carbocycles. The molecule has 0 heterocycles. The van der Waals surface area contributed by atoms with Gasteiger partial charge in [-0.15, -0.1) is 0 Å². The number of allylic oxidation sites excluding steroid dienone is 1. The van der Waals surface area contributed by atoms with Crippen molar-refractivity contribution in [3.05, 3.63) is 54.0 Å². The molecule has 0 N–H and O–H groups in total. The van der Waals surface area contributed by atoms with E-state index in [0.29, 0.717) is 16.7 Å². The van der Waals surface area contributed by atoms with Gasteiger partial charge in [-0.1, -0.05) is 85.1 Å². The molecular formula is C32H50Br2Cl2F2Zr. The molecule has 0 amide bonds. The Morgan fingerprint density at radius 2 is 1.31 bits per heavy atom. The molecule has 4 aliphatic carbocycles. The molecule has 224 valence electrons. The van der Waals surface area contributed by atoms with Crippen molar-refractivity contribution in [2.75, 3.05) is 0 Å². The molecule has 0 bridgehead atoms. The average molecular weight is 795 g/mol. The van der Waals surface area contributed by atoms with Crippen molar-refractivity contribution < 1.29 is 29.6 Å². The van der Waals surface area contributed by atoms with Crippen molar-refractivity contribution in [3.8, 4) is 0 Å². The fourth-order valence-corrected chi connectivity index (χ4v) is 8.23. The maximum atomic E-state index is 13.5. The van der Waals surface area contributed by atoms with Crippen molar-refractivity contribution in [3.63, 3.8) is 0 Å². The number of rotatable bonds is 0. The van der Waals surface area contributed by atoms with Gasteiger partial charge in [-0.2, -0.15) is 0 Å². The van der Waals surface area contributed by atoms with Crippen LogP contribution in [-0.4, -0.2) is 11.0 Å². The van der Waals surface area contributed by atoms with Crippen molar-refractivity contribution in [1.29, 1.82) is 0 Å². The minimum absolute atomic E-state index is 0. The molecule has 1 aromatic rings. The van der Waals surface area contributed by atoms with E-state index >= 15 is 0 Å². The number of benzene rings is 1. The van der Waals surface area contributed by atoms with Crippen LogP contribution in [0.25, 0.3) is 6.08 Å². The third-order valence-electron chi connectivity index (χ3n) is 9.79. The first kappa shape index (κ1) is 40.2. The summed E-state index contributed by atoms with van der Waals surface area (Å²) in [7, 11) is 9.87. The second-order valence-corrected chi connectivity index (χ2v) is 17.7. The van der Waals surface area contributed by atoms with Crippen LogP contribution in [0.1, 0.15) is 85.3 Å². The van der Waals surface area contributed by atoms with Crippen LogP contribution in [-0.2, 0) is 27.3 Å². The molecule has 3 fully saturated rings. The zero-order valence-corrected chi connectivity index (χ0v) is 32.5. The Bertz CT molecular complexity index is 836. The first-order valence-corrected chi connectivity index (χ1v) is 21.8. The number of alkyl halides is 2. The number of halogens is 6. The molecule has 0 radical (unpaired) electrons. The van der Waals surface area contributed by atoms with Crippen LogP contribution in [0.5, 0.6) is 0 Å². The predicted octanol–water partition coefficient (Wildman–Crippen LogP) is 12.5. The van der Waals surface area contributed by atoms with Gasteiger partial charge >= 0.3 is 37.9 Å². The molecule has 5 atom stereocenters. The topological polar surface area (TPSA) is 0 Å². The maximum absolute atomic E-state index is 13.5. The summed E-state index contributed by atoms with van der Waals surface area (Å²) in [4.78, 5) is 0.597. The fourth-order valence-electron chi connectivity index (χ4n) is 6.87. The first-order chi connectivity index (χ1) is 17.3. The Hall–Kier alpha value is 1.24. The van der Waals surface area contributed by atoms with E-state index in [9.17, 15) is 8.78 Å². The van der Waals surface area contributed by atoms with Gasteiger partial charge < -0.3 is 14.9 Å². The van der Waals surface area contributed by atoms with E-state index in [1.165, 1.54) is 18.1 Å².